The van der Waals surface area contributed by atoms with Crippen molar-refractivity contribution in [3.63, 3.8) is 0 Å². The minimum atomic E-state index is -0.675. The number of carboxylic acids is 1. The van der Waals surface area contributed by atoms with Crippen molar-refractivity contribution in [2.24, 2.45) is 0 Å². The summed E-state index contributed by atoms with van der Waals surface area (Å²) in [4.78, 5) is 22.2. The molecule has 0 aromatic rings. The number of aliphatic carboxylic acids is 1. The zero-order chi connectivity index (χ0) is 23.5. The molecule has 0 saturated carbocycles. The van der Waals surface area contributed by atoms with Crippen molar-refractivity contribution in [3.05, 3.63) is 0 Å². The molecule has 0 atom stereocenters. The maximum absolute atomic E-state index is 11.8. The van der Waals surface area contributed by atoms with Crippen molar-refractivity contribution < 1.29 is 19.4 Å². The number of ether oxygens (including phenoxy) is 1. The topological polar surface area (TPSA) is 63.6 Å². The number of esters is 1. The van der Waals surface area contributed by atoms with Crippen LogP contribution in [0.2, 0.25) is 0 Å². The van der Waals surface area contributed by atoms with Crippen LogP contribution in [0.5, 0.6) is 0 Å². The first-order chi connectivity index (χ1) is 15.7. The van der Waals surface area contributed by atoms with Crippen molar-refractivity contribution in [1.82, 2.24) is 0 Å². The maximum Gasteiger partial charge on any atom is 0.305 e. The molecule has 0 aliphatic carbocycles. The van der Waals surface area contributed by atoms with E-state index in [0.29, 0.717) is 19.4 Å². The van der Waals surface area contributed by atoms with Crippen LogP contribution in [0.1, 0.15) is 161 Å². The van der Waals surface area contributed by atoms with Crippen LogP contribution in [0.15, 0.2) is 0 Å². The van der Waals surface area contributed by atoms with Crippen LogP contribution in [0.3, 0.4) is 0 Å². The zero-order valence-corrected chi connectivity index (χ0v) is 21.3. The fraction of sp³-hybridized carbons (Fsp3) is 0.929. The summed E-state index contributed by atoms with van der Waals surface area (Å²) in [6.45, 7) is 2.87. The average molecular weight is 455 g/mol. The van der Waals surface area contributed by atoms with Gasteiger partial charge in [0.05, 0.1) is 6.61 Å². The van der Waals surface area contributed by atoms with Crippen molar-refractivity contribution >= 4 is 11.9 Å². The van der Waals surface area contributed by atoms with E-state index in [1.54, 1.807) is 0 Å². The molecule has 4 heteroatoms. The Morgan fingerprint density at radius 3 is 1.25 bits per heavy atom. The Bertz CT molecular complexity index is 408. The molecule has 0 heterocycles. The smallest absolute Gasteiger partial charge is 0.305 e. The molecule has 0 saturated heterocycles. The average Bonchev–Trinajstić information content (AvgIpc) is 2.77. The van der Waals surface area contributed by atoms with Crippen molar-refractivity contribution in [2.75, 3.05) is 6.61 Å². The minimum absolute atomic E-state index is 0.00993. The minimum Gasteiger partial charge on any atom is -0.481 e. The molecule has 0 bridgehead atoms. The summed E-state index contributed by atoms with van der Waals surface area (Å²) in [7, 11) is 0. The second-order valence-corrected chi connectivity index (χ2v) is 9.54. The molecule has 0 amide bonds. The molecule has 0 aliphatic heterocycles. The molecule has 1 N–H and O–H groups in total. The van der Waals surface area contributed by atoms with Gasteiger partial charge in [0, 0.05) is 12.8 Å². The van der Waals surface area contributed by atoms with Crippen molar-refractivity contribution in [1.29, 1.82) is 0 Å². The normalized spacial score (nSPS) is 11.0. The van der Waals surface area contributed by atoms with E-state index >= 15 is 0 Å². The third kappa shape index (κ3) is 27.0. The van der Waals surface area contributed by atoms with Crippen LogP contribution in [0, 0.1) is 0 Å². The number of hydrogen-bond donors (Lipinski definition) is 1. The van der Waals surface area contributed by atoms with Crippen LogP contribution in [-0.2, 0) is 14.3 Å². The number of carbonyl (C=O) groups is 2. The molecule has 0 spiro atoms. The highest BCUT2D eigenvalue weighted by atomic mass is 16.5. The molecule has 0 fully saturated rings. The van der Waals surface area contributed by atoms with E-state index in [2.05, 4.69) is 6.92 Å². The summed E-state index contributed by atoms with van der Waals surface area (Å²) in [6, 6.07) is 0. The van der Waals surface area contributed by atoms with Gasteiger partial charge in [-0.3, -0.25) is 9.59 Å². The lowest BCUT2D eigenvalue weighted by atomic mass is 10.0. The Morgan fingerprint density at radius 2 is 0.844 bits per heavy atom. The second-order valence-electron chi connectivity index (χ2n) is 9.54. The second kappa shape index (κ2) is 26.2. The van der Waals surface area contributed by atoms with Gasteiger partial charge in [-0.1, -0.05) is 129 Å². The van der Waals surface area contributed by atoms with Gasteiger partial charge in [-0.25, -0.2) is 0 Å². The van der Waals surface area contributed by atoms with E-state index < -0.39 is 5.97 Å². The summed E-state index contributed by atoms with van der Waals surface area (Å²) >= 11 is 0. The molecular formula is C28H54O4. The number of rotatable bonds is 26. The number of carbonyl (C=O) groups excluding carboxylic acids is 1. The Balaban J connectivity index is 3.15. The van der Waals surface area contributed by atoms with Crippen molar-refractivity contribution in [3.8, 4) is 0 Å². The predicted octanol–water partition coefficient (Wildman–Crippen LogP) is 9.00. The van der Waals surface area contributed by atoms with Gasteiger partial charge in [0.25, 0.3) is 0 Å². The molecule has 0 radical (unpaired) electrons. The van der Waals surface area contributed by atoms with E-state index in [1.807, 2.05) is 0 Å². The predicted molar refractivity (Wildman–Crippen MR) is 135 cm³/mol. The molecule has 0 aliphatic rings. The van der Waals surface area contributed by atoms with Gasteiger partial charge in [0.15, 0.2) is 0 Å². The Hall–Kier alpha value is -1.06. The first-order valence-electron chi connectivity index (χ1n) is 14.0. The van der Waals surface area contributed by atoms with E-state index in [0.717, 1.165) is 32.1 Å². The van der Waals surface area contributed by atoms with Gasteiger partial charge in [0.2, 0.25) is 0 Å². The highest BCUT2D eigenvalue weighted by Gasteiger charge is 2.03. The standard InChI is InChI=1S/C28H54O4/c1-2-3-4-5-6-7-14-17-20-23-26-32-28(31)25-22-19-16-13-11-9-8-10-12-15-18-21-24-27(29)30/h2-26H2,1H3,(H,29,30). The molecule has 190 valence electrons. The van der Waals surface area contributed by atoms with E-state index in [1.165, 1.54) is 109 Å². The van der Waals surface area contributed by atoms with E-state index in [4.69, 9.17) is 9.84 Å². The number of unbranched alkanes of at least 4 members (excludes halogenated alkanes) is 20. The maximum atomic E-state index is 11.8. The zero-order valence-electron chi connectivity index (χ0n) is 21.3. The highest BCUT2D eigenvalue weighted by Crippen LogP contribution is 2.14. The van der Waals surface area contributed by atoms with Gasteiger partial charge >= 0.3 is 11.9 Å². The molecule has 0 aromatic carbocycles. The van der Waals surface area contributed by atoms with Gasteiger partial charge < -0.3 is 9.84 Å². The monoisotopic (exact) mass is 454 g/mol. The summed E-state index contributed by atoms with van der Waals surface area (Å²) in [5.74, 6) is -0.685. The van der Waals surface area contributed by atoms with Crippen LogP contribution in [0.25, 0.3) is 0 Å². The largest absolute Gasteiger partial charge is 0.481 e. The van der Waals surface area contributed by atoms with E-state index in [-0.39, 0.29) is 5.97 Å². The van der Waals surface area contributed by atoms with Crippen LogP contribution in [-0.4, -0.2) is 23.7 Å². The summed E-state index contributed by atoms with van der Waals surface area (Å²) in [5.41, 5.74) is 0. The number of hydrogen-bond acceptors (Lipinski definition) is 3. The fourth-order valence-corrected chi connectivity index (χ4v) is 4.16. The summed E-state index contributed by atoms with van der Waals surface area (Å²) < 4.78 is 5.36. The lowest BCUT2D eigenvalue weighted by Crippen LogP contribution is -2.05. The van der Waals surface area contributed by atoms with Crippen LogP contribution in [0.4, 0.5) is 0 Å². The van der Waals surface area contributed by atoms with Crippen LogP contribution >= 0.6 is 0 Å². The molecule has 0 rings (SSSR count). The molecule has 0 aromatic heterocycles. The third-order valence-corrected chi connectivity index (χ3v) is 6.28. The molecular weight excluding hydrogens is 400 g/mol. The van der Waals surface area contributed by atoms with Crippen LogP contribution < -0.4 is 0 Å². The van der Waals surface area contributed by atoms with Gasteiger partial charge in [-0.05, 0) is 19.3 Å². The fourth-order valence-electron chi connectivity index (χ4n) is 4.16. The third-order valence-electron chi connectivity index (χ3n) is 6.28. The summed E-state index contributed by atoms with van der Waals surface area (Å²) in [5, 5.41) is 8.59. The van der Waals surface area contributed by atoms with Gasteiger partial charge in [-0.2, -0.15) is 0 Å². The van der Waals surface area contributed by atoms with Gasteiger partial charge in [0.1, 0.15) is 0 Å². The lowest BCUT2D eigenvalue weighted by Gasteiger charge is -2.06. The molecule has 32 heavy (non-hydrogen) atoms. The summed E-state index contributed by atoms with van der Waals surface area (Å²) in [6.07, 6.45) is 28.0. The quantitative estimate of drug-likeness (QED) is 0.105. The van der Waals surface area contributed by atoms with Crippen molar-refractivity contribution in [2.45, 2.75) is 161 Å². The Kier molecular flexibility index (Phi) is 25.3. The highest BCUT2D eigenvalue weighted by molar-refractivity contribution is 5.69. The van der Waals surface area contributed by atoms with E-state index in [9.17, 15) is 9.59 Å². The molecule has 4 nitrogen and oxygen atoms in total. The molecule has 0 unspecified atom stereocenters. The van der Waals surface area contributed by atoms with Gasteiger partial charge in [-0.15, -0.1) is 0 Å². The SMILES string of the molecule is CCCCCCCCCCCCOC(=O)CCCCCCCCCCCCCCC(=O)O. The first kappa shape index (κ1) is 30.9. The first-order valence-corrected chi connectivity index (χ1v) is 14.0. The Morgan fingerprint density at radius 1 is 0.500 bits per heavy atom. The Labute approximate surface area is 199 Å². The lowest BCUT2D eigenvalue weighted by molar-refractivity contribution is -0.144. The number of carboxylic acid groups (broad SMARTS) is 1.